The number of aromatic nitrogens is 4. The van der Waals surface area contributed by atoms with Crippen molar-refractivity contribution in [2.75, 3.05) is 18.0 Å². The van der Waals surface area contributed by atoms with Crippen LogP contribution < -0.4 is 4.90 Å². The average Bonchev–Trinajstić information content (AvgIpc) is 3.44. The monoisotopic (exact) mass is 407 g/mol. The Hall–Kier alpha value is -3.13. The van der Waals surface area contributed by atoms with Gasteiger partial charge in [-0.3, -0.25) is 0 Å². The molecule has 0 radical (unpaired) electrons. The van der Waals surface area contributed by atoms with Crippen LogP contribution in [0, 0.1) is 0 Å². The summed E-state index contributed by atoms with van der Waals surface area (Å²) in [6.45, 7) is 6.23. The van der Waals surface area contributed by atoms with Crippen molar-refractivity contribution in [3.05, 3.63) is 60.4 Å². The minimum absolute atomic E-state index is 0.471. The van der Waals surface area contributed by atoms with Crippen molar-refractivity contribution in [1.29, 1.82) is 0 Å². The predicted molar refractivity (Wildman–Crippen MR) is 113 cm³/mol. The molecule has 0 fully saturated rings. The van der Waals surface area contributed by atoms with Crippen LogP contribution in [0.15, 0.2) is 68.8 Å². The van der Waals surface area contributed by atoms with Crippen molar-refractivity contribution in [2.24, 2.45) is 0 Å². The van der Waals surface area contributed by atoms with Crippen molar-refractivity contribution >= 4 is 17.4 Å². The van der Waals surface area contributed by atoms with Crippen LogP contribution in [0.2, 0.25) is 0 Å². The number of rotatable bonds is 8. The lowest BCUT2D eigenvalue weighted by atomic mass is 10.2. The Morgan fingerprint density at radius 3 is 2.31 bits per heavy atom. The number of hydrogen-bond acceptors (Lipinski definition) is 8. The quantitative estimate of drug-likeness (QED) is 0.381. The van der Waals surface area contributed by atoms with Crippen LogP contribution in [0.25, 0.3) is 22.9 Å². The maximum Gasteiger partial charge on any atom is 0.277 e. The SMILES string of the molecule is CCN(CC)c1ccc(-c2nnc(SCc3noc(-c4ccccc4)n3)o2)cc1. The van der Waals surface area contributed by atoms with Crippen LogP contribution in [0.1, 0.15) is 19.7 Å². The summed E-state index contributed by atoms with van der Waals surface area (Å²) in [6, 6.07) is 17.8. The van der Waals surface area contributed by atoms with Gasteiger partial charge in [0, 0.05) is 29.9 Å². The maximum absolute atomic E-state index is 5.78. The molecule has 148 valence electrons. The first-order chi connectivity index (χ1) is 14.3. The largest absolute Gasteiger partial charge is 0.411 e. The van der Waals surface area contributed by atoms with Crippen LogP contribution in [-0.4, -0.2) is 33.4 Å². The molecular formula is C21H21N5O2S. The number of nitrogens with zero attached hydrogens (tertiary/aromatic N) is 5. The van der Waals surface area contributed by atoms with E-state index in [0.717, 1.165) is 24.2 Å². The molecule has 0 aliphatic heterocycles. The third kappa shape index (κ3) is 4.48. The third-order valence-corrected chi connectivity index (χ3v) is 5.28. The van der Waals surface area contributed by atoms with E-state index in [1.807, 2.05) is 42.5 Å². The summed E-state index contributed by atoms with van der Waals surface area (Å²) < 4.78 is 11.1. The average molecular weight is 407 g/mol. The van der Waals surface area contributed by atoms with Gasteiger partial charge in [-0.1, -0.05) is 35.1 Å². The van der Waals surface area contributed by atoms with Gasteiger partial charge in [0.1, 0.15) is 0 Å². The van der Waals surface area contributed by atoms with Crippen molar-refractivity contribution in [2.45, 2.75) is 24.8 Å². The summed E-state index contributed by atoms with van der Waals surface area (Å²) in [5.74, 6) is 2.06. The molecule has 0 saturated heterocycles. The second-order valence-corrected chi connectivity index (χ2v) is 7.19. The summed E-state index contributed by atoms with van der Waals surface area (Å²) >= 11 is 1.38. The Balaban J connectivity index is 1.39. The highest BCUT2D eigenvalue weighted by Gasteiger charge is 2.13. The van der Waals surface area contributed by atoms with Crippen LogP contribution in [0.4, 0.5) is 5.69 Å². The second kappa shape index (κ2) is 8.91. The van der Waals surface area contributed by atoms with Gasteiger partial charge in [0.2, 0.25) is 5.89 Å². The molecule has 0 aliphatic rings. The third-order valence-electron chi connectivity index (χ3n) is 4.46. The highest BCUT2D eigenvalue weighted by atomic mass is 32.2. The molecule has 2 heterocycles. The Labute approximate surface area is 173 Å². The number of thioether (sulfide) groups is 1. The minimum atomic E-state index is 0.471. The van der Waals surface area contributed by atoms with Crippen LogP contribution in [0.5, 0.6) is 0 Å². The standard InChI is InChI=1S/C21H21N5O2S/c1-3-26(4-2)17-12-10-16(11-13-17)20-23-24-21(27-20)29-14-18-22-19(28-25-18)15-8-6-5-7-9-15/h5-13H,3-4,14H2,1-2H3. The molecule has 0 unspecified atom stereocenters. The molecule has 29 heavy (non-hydrogen) atoms. The van der Waals surface area contributed by atoms with Gasteiger partial charge in [-0.25, -0.2) is 0 Å². The molecular weight excluding hydrogens is 386 g/mol. The molecule has 4 aromatic rings. The fourth-order valence-corrected chi connectivity index (χ4v) is 3.53. The van der Waals surface area contributed by atoms with E-state index in [1.165, 1.54) is 17.4 Å². The lowest BCUT2D eigenvalue weighted by Gasteiger charge is -2.20. The number of benzene rings is 2. The van der Waals surface area contributed by atoms with E-state index in [1.54, 1.807) is 0 Å². The summed E-state index contributed by atoms with van der Waals surface area (Å²) in [4.78, 5) is 6.69. The van der Waals surface area contributed by atoms with Crippen molar-refractivity contribution in [1.82, 2.24) is 20.3 Å². The molecule has 0 bridgehead atoms. The molecule has 2 aromatic heterocycles. The molecule has 0 spiro atoms. The molecule has 0 aliphatic carbocycles. The highest BCUT2D eigenvalue weighted by molar-refractivity contribution is 7.98. The molecule has 2 aromatic carbocycles. The lowest BCUT2D eigenvalue weighted by molar-refractivity contribution is 0.425. The molecule has 4 rings (SSSR count). The first-order valence-corrected chi connectivity index (χ1v) is 10.4. The van der Waals surface area contributed by atoms with E-state index in [2.05, 4.69) is 51.2 Å². The Bertz CT molecular complexity index is 1040. The normalized spacial score (nSPS) is 11.0. The maximum atomic E-state index is 5.78. The molecule has 0 amide bonds. The topological polar surface area (TPSA) is 81.1 Å². The van der Waals surface area contributed by atoms with E-state index in [-0.39, 0.29) is 0 Å². The van der Waals surface area contributed by atoms with Gasteiger partial charge in [-0.2, -0.15) is 4.98 Å². The Morgan fingerprint density at radius 1 is 0.862 bits per heavy atom. The fourth-order valence-electron chi connectivity index (χ4n) is 2.93. The molecule has 8 heteroatoms. The highest BCUT2D eigenvalue weighted by Crippen LogP contribution is 2.27. The van der Waals surface area contributed by atoms with Gasteiger partial charge in [0.25, 0.3) is 11.1 Å². The smallest absolute Gasteiger partial charge is 0.277 e. The molecule has 0 N–H and O–H groups in total. The van der Waals surface area contributed by atoms with Gasteiger partial charge in [0.15, 0.2) is 5.82 Å². The summed E-state index contributed by atoms with van der Waals surface area (Å²) in [7, 11) is 0. The van der Waals surface area contributed by atoms with E-state index >= 15 is 0 Å². The van der Waals surface area contributed by atoms with E-state index in [4.69, 9.17) is 8.94 Å². The van der Waals surface area contributed by atoms with E-state index in [9.17, 15) is 0 Å². The van der Waals surface area contributed by atoms with E-state index in [0.29, 0.717) is 28.6 Å². The van der Waals surface area contributed by atoms with Crippen molar-refractivity contribution in [3.8, 4) is 22.9 Å². The Morgan fingerprint density at radius 2 is 1.59 bits per heavy atom. The molecule has 0 saturated carbocycles. The van der Waals surface area contributed by atoms with Gasteiger partial charge in [-0.05, 0) is 50.2 Å². The minimum Gasteiger partial charge on any atom is -0.411 e. The molecule has 0 atom stereocenters. The zero-order valence-corrected chi connectivity index (χ0v) is 17.1. The summed E-state index contributed by atoms with van der Waals surface area (Å²) in [6.07, 6.45) is 0. The van der Waals surface area contributed by atoms with E-state index < -0.39 is 0 Å². The summed E-state index contributed by atoms with van der Waals surface area (Å²) in [5.41, 5.74) is 2.97. The predicted octanol–water partition coefficient (Wildman–Crippen LogP) is 4.93. The van der Waals surface area contributed by atoms with Crippen molar-refractivity contribution in [3.63, 3.8) is 0 Å². The number of hydrogen-bond donors (Lipinski definition) is 0. The lowest BCUT2D eigenvalue weighted by Crippen LogP contribution is -2.21. The van der Waals surface area contributed by atoms with Crippen LogP contribution >= 0.6 is 11.8 Å². The van der Waals surface area contributed by atoms with Crippen LogP contribution in [0.3, 0.4) is 0 Å². The van der Waals surface area contributed by atoms with Crippen molar-refractivity contribution < 1.29 is 8.94 Å². The van der Waals surface area contributed by atoms with Gasteiger partial charge < -0.3 is 13.8 Å². The number of anilines is 1. The van der Waals surface area contributed by atoms with Gasteiger partial charge in [-0.15, -0.1) is 10.2 Å². The van der Waals surface area contributed by atoms with Gasteiger partial charge >= 0.3 is 0 Å². The second-order valence-electron chi connectivity index (χ2n) is 6.26. The zero-order chi connectivity index (χ0) is 20.1. The first-order valence-electron chi connectivity index (χ1n) is 9.46. The first kappa shape index (κ1) is 19.2. The van der Waals surface area contributed by atoms with Gasteiger partial charge in [0.05, 0.1) is 5.75 Å². The summed E-state index contributed by atoms with van der Waals surface area (Å²) in [5, 5.41) is 12.7. The zero-order valence-electron chi connectivity index (χ0n) is 16.3. The van der Waals surface area contributed by atoms with Crippen LogP contribution in [-0.2, 0) is 5.75 Å². The fraction of sp³-hybridized carbons (Fsp3) is 0.238. The molecule has 7 nitrogen and oxygen atoms in total. The Kier molecular flexibility index (Phi) is 5.90.